The lowest BCUT2D eigenvalue weighted by Crippen LogP contribution is -2.43. The van der Waals surface area contributed by atoms with Crippen molar-refractivity contribution in [3.8, 4) is 6.07 Å². The molecule has 5 heteroatoms. The Hall–Kier alpha value is -1.38. The van der Waals surface area contributed by atoms with Gasteiger partial charge in [0.1, 0.15) is 0 Å². The molecule has 1 N–H and O–H groups in total. The molecule has 20 heavy (non-hydrogen) atoms. The maximum Gasteiger partial charge on any atom is 0.240 e. The predicted molar refractivity (Wildman–Crippen MR) is 77.4 cm³/mol. The van der Waals surface area contributed by atoms with E-state index in [4.69, 9.17) is 5.26 Å². The van der Waals surface area contributed by atoms with Crippen LogP contribution >= 0.6 is 0 Å². The topological polar surface area (TPSA) is 70.0 Å². The van der Waals surface area contributed by atoms with Crippen LogP contribution < -0.4 is 4.72 Å². The molecule has 1 aromatic carbocycles. The second-order valence-electron chi connectivity index (χ2n) is 5.63. The standard InChI is InChI=1S/C15H20N2O2S/c1-11-4-3-5-15(12(11)2)17-20(18,19)14-8-6-13(10-16)7-9-14/h6-9,11-12,15,17H,3-5H2,1-2H3/t11-,12+,15-/m0/s1. The van der Waals surface area contributed by atoms with Crippen molar-refractivity contribution in [3.05, 3.63) is 29.8 Å². The first kappa shape index (κ1) is 15.0. The molecule has 0 amide bonds. The molecule has 0 aromatic heterocycles. The highest BCUT2D eigenvalue weighted by molar-refractivity contribution is 7.89. The van der Waals surface area contributed by atoms with Crippen LogP contribution in [-0.2, 0) is 10.0 Å². The second-order valence-corrected chi connectivity index (χ2v) is 7.35. The lowest BCUT2D eigenvalue weighted by atomic mass is 9.78. The van der Waals surface area contributed by atoms with E-state index in [9.17, 15) is 8.42 Å². The Balaban J connectivity index is 2.16. The van der Waals surface area contributed by atoms with Crippen molar-refractivity contribution in [3.63, 3.8) is 0 Å². The normalized spacial score (nSPS) is 26.9. The van der Waals surface area contributed by atoms with Crippen LogP contribution in [0.4, 0.5) is 0 Å². The Bertz CT molecular complexity index is 602. The number of benzene rings is 1. The highest BCUT2D eigenvalue weighted by atomic mass is 32.2. The number of rotatable bonds is 3. The van der Waals surface area contributed by atoms with Gasteiger partial charge in [0.15, 0.2) is 0 Å². The van der Waals surface area contributed by atoms with Gasteiger partial charge in [-0.3, -0.25) is 0 Å². The molecule has 1 fully saturated rings. The minimum atomic E-state index is -3.50. The largest absolute Gasteiger partial charge is 0.240 e. The maximum absolute atomic E-state index is 12.4. The molecule has 0 saturated heterocycles. The van der Waals surface area contributed by atoms with Crippen molar-refractivity contribution < 1.29 is 8.42 Å². The zero-order chi connectivity index (χ0) is 14.8. The fourth-order valence-electron chi connectivity index (χ4n) is 2.72. The van der Waals surface area contributed by atoms with Gasteiger partial charge in [-0.25, -0.2) is 13.1 Å². The third kappa shape index (κ3) is 3.20. The summed E-state index contributed by atoms with van der Waals surface area (Å²) in [7, 11) is -3.50. The van der Waals surface area contributed by atoms with Crippen molar-refractivity contribution >= 4 is 10.0 Å². The van der Waals surface area contributed by atoms with Crippen molar-refractivity contribution in [2.24, 2.45) is 11.8 Å². The summed E-state index contributed by atoms with van der Waals surface area (Å²) in [4.78, 5) is 0.224. The molecular formula is C15H20N2O2S. The smallest absolute Gasteiger partial charge is 0.208 e. The number of nitrogens with one attached hydrogen (secondary N) is 1. The average molecular weight is 292 g/mol. The molecule has 0 radical (unpaired) electrons. The summed E-state index contributed by atoms with van der Waals surface area (Å²) < 4.78 is 27.5. The van der Waals surface area contributed by atoms with Crippen LogP contribution in [0.15, 0.2) is 29.2 Å². The molecule has 0 unspecified atom stereocenters. The van der Waals surface area contributed by atoms with Crippen LogP contribution in [0.5, 0.6) is 0 Å². The summed E-state index contributed by atoms with van der Waals surface area (Å²) in [5.41, 5.74) is 0.462. The molecule has 1 aliphatic rings. The number of nitrogens with zero attached hydrogens (tertiary/aromatic N) is 1. The molecule has 108 valence electrons. The van der Waals surface area contributed by atoms with Crippen molar-refractivity contribution in [2.45, 2.75) is 44.0 Å². The summed E-state index contributed by atoms with van der Waals surface area (Å²) in [6.45, 7) is 4.28. The first-order valence-corrected chi connectivity index (χ1v) is 8.45. The van der Waals surface area contributed by atoms with E-state index in [0.717, 1.165) is 19.3 Å². The SMILES string of the molecule is C[C@H]1[C@@H](NS(=O)(=O)c2ccc(C#N)cc2)CCC[C@@H]1C. The van der Waals surface area contributed by atoms with Crippen LogP contribution in [0, 0.1) is 23.2 Å². The Morgan fingerprint density at radius 1 is 1.20 bits per heavy atom. The van der Waals surface area contributed by atoms with E-state index in [-0.39, 0.29) is 10.9 Å². The first-order chi connectivity index (χ1) is 9.44. The van der Waals surface area contributed by atoms with Crippen LogP contribution in [-0.4, -0.2) is 14.5 Å². The lowest BCUT2D eigenvalue weighted by molar-refractivity contribution is 0.227. The molecule has 0 aliphatic heterocycles. The van der Waals surface area contributed by atoms with Gasteiger partial charge in [0, 0.05) is 6.04 Å². The van der Waals surface area contributed by atoms with Gasteiger partial charge in [-0.2, -0.15) is 5.26 Å². The summed E-state index contributed by atoms with van der Waals surface area (Å²) in [5, 5.41) is 8.74. The Morgan fingerprint density at radius 2 is 1.85 bits per heavy atom. The van der Waals surface area contributed by atoms with Gasteiger partial charge in [-0.05, 0) is 42.5 Å². The molecule has 0 heterocycles. The van der Waals surface area contributed by atoms with E-state index in [1.807, 2.05) is 6.07 Å². The number of nitriles is 1. The average Bonchev–Trinajstić information content (AvgIpc) is 2.44. The molecule has 0 spiro atoms. The minimum Gasteiger partial charge on any atom is -0.208 e. The highest BCUT2D eigenvalue weighted by Gasteiger charge is 2.30. The van der Waals surface area contributed by atoms with E-state index in [1.165, 1.54) is 24.3 Å². The Morgan fingerprint density at radius 3 is 2.45 bits per heavy atom. The number of hydrogen-bond acceptors (Lipinski definition) is 3. The molecule has 4 nitrogen and oxygen atoms in total. The zero-order valence-corrected chi connectivity index (χ0v) is 12.7. The van der Waals surface area contributed by atoms with Gasteiger partial charge in [-0.15, -0.1) is 0 Å². The van der Waals surface area contributed by atoms with Crippen LogP contribution in [0.2, 0.25) is 0 Å². The van der Waals surface area contributed by atoms with Crippen LogP contribution in [0.1, 0.15) is 38.7 Å². The predicted octanol–water partition coefficient (Wildman–Crippen LogP) is 2.66. The van der Waals surface area contributed by atoms with E-state index >= 15 is 0 Å². The van der Waals surface area contributed by atoms with E-state index in [0.29, 0.717) is 17.4 Å². The summed E-state index contributed by atoms with van der Waals surface area (Å²) in [5.74, 6) is 0.884. The van der Waals surface area contributed by atoms with Crippen LogP contribution in [0.25, 0.3) is 0 Å². The minimum absolute atomic E-state index is 0.000562. The molecule has 0 bridgehead atoms. The number of sulfonamides is 1. The van der Waals surface area contributed by atoms with Gasteiger partial charge in [0.25, 0.3) is 0 Å². The van der Waals surface area contributed by atoms with Gasteiger partial charge in [-0.1, -0.05) is 26.7 Å². The molecule has 1 aliphatic carbocycles. The van der Waals surface area contributed by atoms with Crippen molar-refractivity contribution in [1.29, 1.82) is 5.26 Å². The zero-order valence-electron chi connectivity index (χ0n) is 11.8. The number of hydrogen-bond donors (Lipinski definition) is 1. The van der Waals surface area contributed by atoms with Crippen molar-refractivity contribution in [1.82, 2.24) is 4.72 Å². The highest BCUT2D eigenvalue weighted by Crippen LogP contribution is 2.30. The summed E-state index contributed by atoms with van der Waals surface area (Å²) >= 11 is 0. The molecule has 1 aromatic rings. The maximum atomic E-state index is 12.4. The van der Waals surface area contributed by atoms with Crippen LogP contribution in [0.3, 0.4) is 0 Å². The van der Waals surface area contributed by atoms with Gasteiger partial charge in [0.05, 0.1) is 16.5 Å². The quantitative estimate of drug-likeness (QED) is 0.931. The van der Waals surface area contributed by atoms with Crippen molar-refractivity contribution in [2.75, 3.05) is 0 Å². The van der Waals surface area contributed by atoms with Gasteiger partial charge in [0.2, 0.25) is 10.0 Å². The monoisotopic (exact) mass is 292 g/mol. The molecule has 3 atom stereocenters. The molecular weight excluding hydrogens is 272 g/mol. The molecule has 1 saturated carbocycles. The fraction of sp³-hybridized carbons (Fsp3) is 0.533. The van der Waals surface area contributed by atoms with E-state index < -0.39 is 10.0 Å². The fourth-order valence-corrected chi connectivity index (χ4v) is 4.09. The molecule has 2 rings (SSSR count). The first-order valence-electron chi connectivity index (χ1n) is 6.96. The lowest BCUT2D eigenvalue weighted by Gasteiger charge is -2.34. The Labute approximate surface area is 120 Å². The third-order valence-corrected chi connectivity index (χ3v) is 5.81. The van der Waals surface area contributed by atoms with Gasteiger partial charge >= 0.3 is 0 Å². The summed E-state index contributed by atoms with van der Waals surface area (Å²) in [6.07, 6.45) is 3.11. The third-order valence-electron chi connectivity index (χ3n) is 4.31. The van der Waals surface area contributed by atoms with E-state index in [2.05, 4.69) is 18.6 Å². The second kappa shape index (κ2) is 5.94. The summed E-state index contributed by atoms with van der Waals surface area (Å²) in [6, 6.07) is 8.01. The Kier molecular flexibility index (Phi) is 4.46. The van der Waals surface area contributed by atoms with E-state index in [1.54, 1.807) is 0 Å². The van der Waals surface area contributed by atoms with Gasteiger partial charge < -0.3 is 0 Å².